The summed E-state index contributed by atoms with van der Waals surface area (Å²) in [4.78, 5) is 8.65. The van der Waals surface area contributed by atoms with E-state index in [4.69, 9.17) is 0 Å². The number of alkyl halides is 44. The van der Waals surface area contributed by atoms with Gasteiger partial charge in [-0.05, 0) is 0 Å². The molecule has 51 heteroatoms. The van der Waals surface area contributed by atoms with Crippen LogP contribution in [-0.2, 0) is 9.59 Å². The fourth-order valence-corrected chi connectivity index (χ4v) is 3.61. The van der Waals surface area contributed by atoms with Gasteiger partial charge in [-0.25, -0.2) is 0 Å². The molecule has 0 N–H and O–H groups in total. The molecule has 0 rings (SSSR count). The van der Waals surface area contributed by atoms with Crippen LogP contribution in [0.3, 0.4) is 0 Å². The number of halogens is 44. The largest absolute Gasteiger partial charge is 2.00 e. The van der Waals surface area contributed by atoms with E-state index in [2.05, 4.69) is 0 Å². The number of carboxylic acid groups (broad SMARTS) is 2. The minimum atomic E-state index is -9.36. The van der Waals surface area contributed by atoms with E-state index in [1.54, 1.807) is 0 Å². The summed E-state index contributed by atoms with van der Waals surface area (Å²) in [5, 5.41) is 19.9. The molecule has 0 bridgehead atoms. The standard InChI is InChI=1S/2C11HF22NO2.Mg/c2*12-2(13,1(35)36)9(28,29)34(10(30,31)5(18,19)3(14,15)7(22,23)24)11(32,33)6(20,21)4(16,17)8(25,26)27;/h2*(H,35,36);/q;;+2/p-2. The van der Waals surface area contributed by atoms with E-state index in [9.17, 15) is 213 Å². The average Bonchev–Trinajstić information content (AvgIpc) is 3.08. The van der Waals surface area contributed by atoms with Gasteiger partial charge in [-0.2, -0.15) is 193 Å². The van der Waals surface area contributed by atoms with Gasteiger partial charge in [0, 0.05) is 0 Å². The third kappa shape index (κ3) is 10.4. The first kappa shape index (κ1) is 73.8. The zero-order valence-electron chi connectivity index (χ0n) is 30.9. The van der Waals surface area contributed by atoms with E-state index in [1.807, 2.05) is 0 Å². The first-order chi connectivity index (χ1) is 30.1. The van der Waals surface area contributed by atoms with Crippen LogP contribution in [0.25, 0.3) is 0 Å². The number of aliphatic carboxylic acids is 2. The van der Waals surface area contributed by atoms with Crippen molar-refractivity contribution < 1.29 is 213 Å². The molecule has 0 aliphatic carbocycles. The maximum Gasteiger partial charge on any atom is 2.00 e. The third-order valence-corrected chi connectivity index (χ3v) is 7.47. The van der Waals surface area contributed by atoms with Gasteiger partial charge in [-0.3, -0.25) is 0 Å². The normalized spacial score (nSPS) is 16.3. The van der Waals surface area contributed by atoms with E-state index >= 15 is 0 Å². The van der Waals surface area contributed by atoms with Gasteiger partial charge in [0.05, 0.1) is 0 Å². The molecule has 0 radical (unpaired) electrons. The summed E-state index contributed by atoms with van der Waals surface area (Å²) in [6.07, 6.45) is -32.9. The van der Waals surface area contributed by atoms with Gasteiger partial charge in [-0.15, -0.1) is 9.80 Å². The number of carboxylic acids is 2. The van der Waals surface area contributed by atoms with Crippen LogP contribution < -0.4 is 10.2 Å². The molecular formula is C22F44MgN2O4. The zero-order chi connectivity index (χ0) is 60.3. The van der Waals surface area contributed by atoms with E-state index in [0.717, 1.165) is 0 Å². The monoisotopic (exact) mass is 1220 g/mol. The predicted octanol–water partition coefficient (Wildman–Crippen LogP) is 9.85. The fraction of sp³-hybridized carbons (Fsp3) is 0.909. The number of rotatable bonds is 18. The Kier molecular flexibility index (Phi) is 19.1. The summed E-state index contributed by atoms with van der Waals surface area (Å²) >= 11 is 0. The predicted molar refractivity (Wildman–Crippen MR) is 123 cm³/mol. The van der Waals surface area contributed by atoms with Gasteiger partial charge >= 0.3 is 143 Å². The summed E-state index contributed by atoms with van der Waals surface area (Å²) in [6.45, 7) is 0. The first-order valence-electron chi connectivity index (χ1n) is 14.5. The summed E-state index contributed by atoms with van der Waals surface area (Å²) in [5.74, 6) is -97.8. The van der Waals surface area contributed by atoms with Crippen molar-refractivity contribution in [3.05, 3.63) is 0 Å². The quantitative estimate of drug-likeness (QED) is 0.0773. The summed E-state index contributed by atoms with van der Waals surface area (Å²) in [6, 6.07) is -55.3. The Morgan fingerprint density at radius 3 is 0.411 bits per heavy atom. The Morgan fingerprint density at radius 1 is 0.219 bits per heavy atom. The summed E-state index contributed by atoms with van der Waals surface area (Å²) in [7, 11) is 0. The smallest absolute Gasteiger partial charge is 0.544 e. The van der Waals surface area contributed by atoms with E-state index in [1.165, 1.54) is 0 Å². The van der Waals surface area contributed by atoms with Crippen LogP contribution in [0, 0.1) is 0 Å². The molecule has 0 heterocycles. The Bertz CT molecular complexity index is 1720. The number of hydrogen-bond acceptors (Lipinski definition) is 6. The van der Waals surface area contributed by atoms with E-state index in [-0.39, 0.29) is 23.1 Å². The van der Waals surface area contributed by atoms with Gasteiger partial charge in [0.25, 0.3) is 0 Å². The van der Waals surface area contributed by atoms with Crippen molar-refractivity contribution in [2.45, 2.75) is 120 Å². The van der Waals surface area contributed by atoms with Crippen LogP contribution in [0.5, 0.6) is 0 Å². The second kappa shape index (κ2) is 18.9. The van der Waals surface area contributed by atoms with Crippen LogP contribution in [-0.4, -0.2) is 165 Å². The molecule has 0 atom stereocenters. The maximum absolute atomic E-state index is 13.7. The Labute approximate surface area is 378 Å². The molecule has 0 aliphatic rings. The van der Waals surface area contributed by atoms with Gasteiger partial charge in [0.1, 0.15) is 11.9 Å². The molecule has 0 aromatic heterocycles. The summed E-state index contributed by atoms with van der Waals surface area (Å²) < 4.78 is 570. The molecule has 73 heavy (non-hydrogen) atoms. The molecule has 0 saturated carbocycles. The molecule has 0 fully saturated rings. The van der Waals surface area contributed by atoms with Crippen LogP contribution in [0.15, 0.2) is 0 Å². The van der Waals surface area contributed by atoms with Crippen molar-refractivity contribution >= 4 is 35.0 Å². The van der Waals surface area contributed by atoms with Crippen molar-refractivity contribution in [3.8, 4) is 0 Å². The van der Waals surface area contributed by atoms with Crippen molar-refractivity contribution in [1.82, 2.24) is 9.80 Å². The molecule has 6 nitrogen and oxygen atoms in total. The van der Waals surface area contributed by atoms with E-state index in [0.29, 0.717) is 0 Å². The van der Waals surface area contributed by atoms with Gasteiger partial charge in [0.15, 0.2) is 0 Å². The van der Waals surface area contributed by atoms with Crippen LogP contribution in [0.1, 0.15) is 0 Å². The fourth-order valence-electron chi connectivity index (χ4n) is 3.61. The minimum absolute atomic E-state index is 0. The number of hydrogen-bond donors (Lipinski definition) is 0. The van der Waals surface area contributed by atoms with Crippen molar-refractivity contribution in [2.75, 3.05) is 0 Å². The number of carbonyl (C=O) groups is 2. The van der Waals surface area contributed by atoms with E-state index < -0.39 is 142 Å². The molecule has 0 aromatic rings. The number of carbonyl (C=O) groups excluding carboxylic acids is 2. The average molecular weight is 1220 g/mol. The molecule has 0 amide bonds. The molecular weight excluding hydrogens is 1220 g/mol. The van der Waals surface area contributed by atoms with Crippen LogP contribution >= 0.6 is 0 Å². The molecule has 0 aliphatic heterocycles. The third-order valence-electron chi connectivity index (χ3n) is 7.47. The Balaban J connectivity index is -0.00000132. The molecule has 432 valence electrons. The first-order valence-corrected chi connectivity index (χ1v) is 14.5. The number of nitrogens with zero attached hydrogens (tertiary/aromatic N) is 2. The molecule has 0 spiro atoms. The van der Waals surface area contributed by atoms with Gasteiger partial charge in [0.2, 0.25) is 0 Å². The SMILES string of the molecule is O=C([O-])C(F)(F)C(F)(F)N(C(F)(F)C(F)(F)C(F)(F)C(F)(F)F)C(F)(F)C(F)(F)C(F)(F)C(F)(F)F.O=C([O-])C(F)(F)C(F)(F)N(C(F)(F)C(F)(F)C(F)(F)C(F)(F)F)C(F)(F)C(F)(F)C(F)(F)C(F)(F)F.[Mg+2]. The topological polar surface area (TPSA) is 86.7 Å². The van der Waals surface area contributed by atoms with Crippen molar-refractivity contribution in [1.29, 1.82) is 0 Å². The Morgan fingerprint density at radius 2 is 0.329 bits per heavy atom. The van der Waals surface area contributed by atoms with Gasteiger partial charge in [-0.1, -0.05) is 0 Å². The van der Waals surface area contributed by atoms with Crippen molar-refractivity contribution in [2.24, 2.45) is 0 Å². The minimum Gasteiger partial charge on any atom is -0.544 e. The maximum atomic E-state index is 13.7. The second-order valence-corrected chi connectivity index (χ2v) is 12.2. The molecule has 0 aromatic carbocycles. The molecule has 0 saturated heterocycles. The second-order valence-electron chi connectivity index (χ2n) is 12.2. The summed E-state index contributed by atoms with van der Waals surface area (Å²) in [5.41, 5.74) is 0. The zero-order valence-corrected chi connectivity index (χ0v) is 32.3. The Hall–Kier alpha value is -3.45. The van der Waals surface area contributed by atoms with Gasteiger partial charge < -0.3 is 19.8 Å². The van der Waals surface area contributed by atoms with Crippen molar-refractivity contribution in [3.63, 3.8) is 0 Å². The van der Waals surface area contributed by atoms with Crippen LogP contribution in [0.2, 0.25) is 0 Å². The molecule has 0 unspecified atom stereocenters. The van der Waals surface area contributed by atoms with Crippen LogP contribution in [0.4, 0.5) is 193 Å².